The minimum absolute atomic E-state index is 0.0631. The number of nitrogens with zero attached hydrogens (tertiary/aromatic N) is 2. The fourth-order valence-corrected chi connectivity index (χ4v) is 3.56. The van der Waals surface area contributed by atoms with Gasteiger partial charge in [0.15, 0.2) is 0 Å². The number of carbonyl (C=O) groups is 1. The van der Waals surface area contributed by atoms with E-state index in [1.165, 1.54) is 7.11 Å². The Morgan fingerprint density at radius 1 is 1.26 bits per heavy atom. The lowest BCUT2D eigenvalue weighted by molar-refractivity contribution is 0.0601. The first-order valence-corrected chi connectivity index (χ1v) is 8.48. The van der Waals surface area contributed by atoms with Crippen LogP contribution in [0.2, 0.25) is 5.02 Å². The van der Waals surface area contributed by atoms with Crippen molar-refractivity contribution in [2.75, 3.05) is 7.11 Å². The molecular formula is C17H14ClIN2O2. The van der Waals surface area contributed by atoms with Crippen molar-refractivity contribution in [2.45, 2.75) is 13.0 Å². The molecule has 0 spiro atoms. The Bertz CT molecular complexity index is 874. The van der Waals surface area contributed by atoms with Gasteiger partial charge in [-0.1, -0.05) is 23.7 Å². The number of aromatic nitrogens is 2. The van der Waals surface area contributed by atoms with Crippen molar-refractivity contribution in [3.05, 3.63) is 62.3 Å². The van der Waals surface area contributed by atoms with E-state index in [-0.39, 0.29) is 12.0 Å². The molecule has 0 unspecified atom stereocenters. The molecule has 0 bridgehead atoms. The molecule has 6 heteroatoms. The molecule has 1 atom stereocenters. The molecular weight excluding hydrogens is 427 g/mol. The number of fused-ring (bicyclic) bond motifs is 1. The predicted octanol–water partition coefficient (Wildman–Crippen LogP) is 4.69. The van der Waals surface area contributed by atoms with E-state index in [0.717, 1.165) is 20.2 Å². The van der Waals surface area contributed by atoms with Crippen LogP contribution in [-0.2, 0) is 4.74 Å². The molecule has 3 aromatic rings. The molecule has 23 heavy (non-hydrogen) atoms. The Hall–Kier alpha value is -1.60. The number of carbonyl (C=O) groups excluding carboxylic acids is 1. The van der Waals surface area contributed by atoms with Crippen LogP contribution in [0.1, 0.15) is 28.9 Å². The summed E-state index contributed by atoms with van der Waals surface area (Å²) < 4.78 is 7.74. The SMILES string of the molecule is COC(=O)c1ccc2c(I)n([C@H](C)c3ccc(Cl)cc3)nc2c1. The molecule has 1 heterocycles. The smallest absolute Gasteiger partial charge is 0.337 e. The molecule has 118 valence electrons. The normalized spacial score (nSPS) is 12.3. The van der Waals surface area contributed by atoms with Crippen LogP contribution in [0.25, 0.3) is 10.9 Å². The summed E-state index contributed by atoms with van der Waals surface area (Å²) in [6.07, 6.45) is 0. The summed E-state index contributed by atoms with van der Waals surface area (Å²) in [7, 11) is 1.37. The van der Waals surface area contributed by atoms with Crippen LogP contribution in [0.5, 0.6) is 0 Å². The summed E-state index contributed by atoms with van der Waals surface area (Å²) >= 11 is 8.23. The summed E-state index contributed by atoms with van der Waals surface area (Å²) in [4.78, 5) is 11.7. The first kappa shape index (κ1) is 16.3. The molecule has 0 aliphatic heterocycles. The molecule has 3 rings (SSSR count). The van der Waals surface area contributed by atoms with E-state index >= 15 is 0 Å². The van der Waals surface area contributed by atoms with Crippen molar-refractivity contribution in [3.8, 4) is 0 Å². The van der Waals surface area contributed by atoms with Gasteiger partial charge in [0.05, 0.1) is 24.2 Å². The third kappa shape index (κ3) is 3.07. The lowest BCUT2D eigenvalue weighted by atomic mass is 10.1. The zero-order valence-electron chi connectivity index (χ0n) is 12.6. The lowest BCUT2D eigenvalue weighted by Gasteiger charge is -2.14. The summed E-state index contributed by atoms with van der Waals surface area (Å²) in [5.74, 6) is -0.359. The van der Waals surface area contributed by atoms with Crippen molar-refractivity contribution in [2.24, 2.45) is 0 Å². The molecule has 4 nitrogen and oxygen atoms in total. The number of ether oxygens (including phenoxy) is 1. The number of benzene rings is 2. The zero-order chi connectivity index (χ0) is 16.6. The number of hydrogen-bond donors (Lipinski definition) is 0. The monoisotopic (exact) mass is 440 g/mol. The highest BCUT2D eigenvalue weighted by molar-refractivity contribution is 14.1. The van der Waals surface area contributed by atoms with Crippen molar-refractivity contribution in [3.63, 3.8) is 0 Å². The Morgan fingerprint density at radius 2 is 1.96 bits per heavy atom. The van der Waals surface area contributed by atoms with Gasteiger partial charge in [-0.2, -0.15) is 5.10 Å². The number of halogens is 2. The number of rotatable bonds is 3. The number of esters is 1. The summed E-state index contributed by atoms with van der Waals surface area (Å²) in [6.45, 7) is 2.08. The Labute approximate surface area is 152 Å². The second-order valence-electron chi connectivity index (χ2n) is 5.19. The van der Waals surface area contributed by atoms with E-state index < -0.39 is 0 Å². The molecule has 1 aromatic heterocycles. The van der Waals surface area contributed by atoms with E-state index in [2.05, 4.69) is 34.6 Å². The van der Waals surface area contributed by atoms with Crippen LogP contribution in [0, 0.1) is 3.70 Å². The molecule has 0 saturated carbocycles. The minimum Gasteiger partial charge on any atom is -0.465 e. The fraction of sp³-hybridized carbons (Fsp3) is 0.176. The van der Waals surface area contributed by atoms with Gasteiger partial charge < -0.3 is 4.74 Å². The predicted molar refractivity (Wildman–Crippen MR) is 99.1 cm³/mol. The van der Waals surface area contributed by atoms with E-state index in [4.69, 9.17) is 16.3 Å². The quantitative estimate of drug-likeness (QED) is 0.438. The second-order valence-corrected chi connectivity index (χ2v) is 6.64. The van der Waals surface area contributed by atoms with Gasteiger partial charge in [-0.05, 0) is 65.4 Å². The van der Waals surface area contributed by atoms with Gasteiger partial charge in [0.25, 0.3) is 0 Å². The lowest BCUT2D eigenvalue weighted by Crippen LogP contribution is -2.10. The Balaban J connectivity index is 2.05. The van der Waals surface area contributed by atoms with E-state index in [9.17, 15) is 4.79 Å². The largest absolute Gasteiger partial charge is 0.465 e. The molecule has 0 aliphatic rings. The molecule has 0 fully saturated rings. The van der Waals surface area contributed by atoms with Gasteiger partial charge in [0, 0.05) is 10.4 Å². The first-order chi connectivity index (χ1) is 11.0. The molecule has 0 N–H and O–H groups in total. The van der Waals surface area contributed by atoms with Crippen LogP contribution in [-0.4, -0.2) is 22.9 Å². The van der Waals surface area contributed by atoms with Crippen molar-refractivity contribution in [1.29, 1.82) is 0 Å². The molecule has 0 saturated heterocycles. The summed E-state index contributed by atoms with van der Waals surface area (Å²) in [5.41, 5.74) is 2.40. The van der Waals surface area contributed by atoms with Gasteiger partial charge in [0.2, 0.25) is 0 Å². The van der Waals surface area contributed by atoms with Crippen LogP contribution < -0.4 is 0 Å². The number of hydrogen-bond acceptors (Lipinski definition) is 3. The highest BCUT2D eigenvalue weighted by Gasteiger charge is 2.17. The maximum atomic E-state index is 11.7. The van der Waals surface area contributed by atoms with Crippen LogP contribution in [0.4, 0.5) is 0 Å². The molecule has 2 aromatic carbocycles. The average Bonchev–Trinajstić information content (AvgIpc) is 2.90. The summed E-state index contributed by atoms with van der Waals surface area (Å²) in [5, 5.41) is 6.38. The fourth-order valence-electron chi connectivity index (χ4n) is 2.46. The van der Waals surface area contributed by atoms with Crippen LogP contribution in [0.3, 0.4) is 0 Å². The standard InChI is InChI=1S/C17H14ClIN2O2/c1-10(11-3-6-13(18)7-4-11)21-16(19)14-8-5-12(17(22)23-2)9-15(14)20-21/h3-10H,1-2H3/t10-/m1/s1. The van der Waals surface area contributed by atoms with Gasteiger partial charge >= 0.3 is 5.97 Å². The Morgan fingerprint density at radius 3 is 2.61 bits per heavy atom. The van der Waals surface area contributed by atoms with Crippen LogP contribution in [0.15, 0.2) is 42.5 Å². The second kappa shape index (κ2) is 6.49. The van der Waals surface area contributed by atoms with Crippen LogP contribution >= 0.6 is 34.2 Å². The maximum absolute atomic E-state index is 11.7. The van der Waals surface area contributed by atoms with Crippen molar-refractivity contribution < 1.29 is 9.53 Å². The van der Waals surface area contributed by atoms with E-state index in [1.54, 1.807) is 12.1 Å². The van der Waals surface area contributed by atoms with Gasteiger partial charge in [-0.25, -0.2) is 4.79 Å². The highest BCUT2D eigenvalue weighted by Crippen LogP contribution is 2.28. The third-order valence-electron chi connectivity index (χ3n) is 3.78. The molecule has 0 aliphatic carbocycles. The van der Waals surface area contributed by atoms with Crippen molar-refractivity contribution >= 4 is 51.1 Å². The van der Waals surface area contributed by atoms with Gasteiger partial charge in [0.1, 0.15) is 3.70 Å². The minimum atomic E-state index is -0.359. The molecule has 0 amide bonds. The third-order valence-corrected chi connectivity index (χ3v) is 5.10. The van der Waals surface area contributed by atoms with Gasteiger partial charge in [-0.15, -0.1) is 0 Å². The van der Waals surface area contributed by atoms with E-state index in [1.807, 2.05) is 35.0 Å². The van der Waals surface area contributed by atoms with Crippen molar-refractivity contribution in [1.82, 2.24) is 9.78 Å². The number of methoxy groups -OCH3 is 1. The topological polar surface area (TPSA) is 44.1 Å². The highest BCUT2D eigenvalue weighted by atomic mass is 127. The zero-order valence-corrected chi connectivity index (χ0v) is 15.5. The molecule has 0 radical (unpaired) electrons. The average molecular weight is 441 g/mol. The first-order valence-electron chi connectivity index (χ1n) is 7.03. The maximum Gasteiger partial charge on any atom is 0.337 e. The summed E-state index contributed by atoms with van der Waals surface area (Å²) in [6, 6.07) is 13.2. The van der Waals surface area contributed by atoms with E-state index in [0.29, 0.717) is 10.6 Å². The van der Waals surface area contributed by atoms with Gasteiger partial charge in [-0.3, -0.25) is 4.68 Å². The Kier molecular flexibility index (Phi) is 4.59.